The van der Waals surface area contributed by atoms with Crippen LogP contribution in [0, 0.1) is 0 Å². The summed E-state index contributed by atoms with van der Waals surface area (Å²) in [6.45, 7) is 0.277. The van der Waals surface area contributed by atoms with Crippen LogP contribution in [0.1, 0.15) is 17.5 Å². The van der Waals surface area contributed by atoms with E-state index in [0.29, 0.717) is 22.1 Å². The average molecular weight is 448 g/mol. The maximum absolute atomic E-state index is 11.8. The van der Waals surface area contributed by atoms with Crippen LogP contribution in [0.5, 0.6) is 11.5 Å². The predicted molar refractivity (Wildman–Crippen MR) is 116 cm³/mol. The molecule has 156 valence electrons. The number of nitrogens with one attached hydrogen (secondary N) is 1. The minimum Gasteiger partial charge on any atom is -0.493 e. The van der Waals surface area contributed by atoms with Gasteiger partial charge in [-0.3, -0.25) is 9.59 Å². The van der Waals surface area contributed by atoms with Crippen LogP contribution in [-0.2, 0) is 16.2 Å². The van der Waals surface area contributed by atoms with E-state index in [4.69, 9.17) is 26.2 Å². The van der Waals surface area contributed by atoms with Crippen molar-refractivity contribution in [2.75, 3.05) is 7.11 Å². The lowest BCUT2D eigenvalue weighted by Crippen LogP contribution is -2.26. The summed E-state index contributed by atoms with van der Waals surface area (Å²) in [4.78, 5) is 22.6. The van der Waals surface area contributed by atoms with Gasteiger partial charge in [-0.2, -0.15) is 5.10 Å². The van der Waals surface area contributed by atoms with Gasteiger partial charge >= 0.3 is 5.97 Å². The molecule has 2 N–H and O–H groups in total. The predicted octanol–water partition coefficient (Wildman–Crippen LogP) is 3.32. The number of para-hydroxylation sites is 1. The van der Waals surface area contributed by atoms with Crippen molar-refractivity contribution < 1.29 is 24.2 Å². The number of methoxy groups -OCH3 is 1. The first-order chi connectivity index (χ1) is 14.5. The first-order valence-corrected chi connectivity index (χ1v) is 10.1. The highest BCUT2D eigenvalue weighted by Crippen LogP contribution is 2.31. The highest BCUT2D eigenvalue weighted by atomic mass is 35.5. The van der Waals surface area contributed by atoms with Crippen molar-refractivity contribution in [3.63, 3.8) is 0 Å². The number of aliphatic carboxylic acids is 1. The van der Waals surface area contributed by atoms with Crippen LogP contribution < -0.4 is 14.8 Å². The Morgan fingerprint density at radius 1 is 1.33 bits per heavy atom. The van der Waals surface area contributed by atoms with Crippen LogP contribution in [0.3, 0.4) is 0 Å². The van der Waals surface area contributed by atoms with Crippen LogP contribution in [0.2, 0.25) is 5.02 Å². The molecule has 1 saturated heterocycles. The lowest BCUT2D eigenvalue weighted by molar-refractivity contribution is -0.138. The second-order valence-electron chi connectivity index (χ2n) is 6.14. The molecular formula is C20H18ClN3O5S. The number of carboxylic acids is 1. The zero-order valence-corrected chi connectivity index (χ0v) is 17.4. The summed E-state index contributed by atoms with van der Waals surface area (Å²) in [7, 11) is 1.54. The van der Waals surface area contributed by atoms with E-state index in [2.05, 4.69) is 15.5 Å². The molecule has 8 nitrogen and oxygen atoms in total. The number of amidine groups is 1. The number of carbonyl (C=O) groups excluding carboxylic acids is 1. The third-order valence-corrected chi connectivity index (χ3v) is 5.29. The van der Waals surface area contributed by atoms with E-state index in [1.54, 1.807) is 24.3 Å². The first-order valence-electron chi connectivity index (χ1n) is 8.81. The number of benzene rings is 2. The van der Waals surface area contributed by atoms with Gasteiger partial charge in [-0.15, -0.1) is 5.10 Å². The molecule has 1 heterocycles. The molecular weight excluding hydrogens is 430 g/mol. The van der Waals surface area contributed by atoms with Crippen molar-refractivity contribution in [2.24, 2.45) is 10.2 Å². The van der Waals surface area contributed by atoms with Gasteiger partial charge in [0, 0.05) is 10.6 Å². The number of hydrogen-bond donors (Lipinski definition) is 2. The number of rotatable bonds is 8. The Bertz CT molecular complexity index is 1010. The number of ether oxygens (including phenoxy) is 2. The van der Waals surface area contributed by atoms with E-state index >= 15 is 0 Å². The van der Waals surface area contributed by atoms with Crippen LogP contribution >= 0.6 is 23.4 Å². The molecule has 1 atom stereocenters. The van der Waals surface area contributed by atoms with Crippen LogP contribution in [0.25, 0.3) is 0 Å². The van der Waals surface area contributed by atoms with Gasteiger partial charge < -0.3 is 19.9 Å². The molecule has 3 rings (SSSR count). The second-order valence-corrected chi connectivity index (χ2v) is 7.77. The molecule has 1 aliphatic rings. The fourth-order valence-electron chi connectivity index (χ4n) is 2.62. The van der Waals surface area contributed by atoms with E-state index in [1.165, 1.54) is 13.3 Å². The Kier molecular flexibility index (Phi) is 7.31. The van der Waals surface area contributed by atoms with Gasteiger partial charge in [0.1, 0.15) is 11.9 Å². The molecule has 30 heavy (non-hydrogen) atoms. The number of thioether (sulfide) groups is 1. The Labute approximate surface area is 181 Å². The normalized spacial score (nSPS) is 17.3. The molecule has 1 fully saturated rings. The monoisotopic (exact) mass is 447 g/mol. The highest BCUT2D eigenvalue weighted by Gasteiger charge is 2.32. The molecule has 1 amide bonds. The number of hydrogen-bond acceptors (Lipinski definition) is 7. The van der Waals surface area contributed by atoms with E-state index in [0.717, 1.165) is 17.3 Å². The molecule has 0 spiro atoms. The molecule has 0 bridgehead atoms. The maximum atomic E-state index is 11.8. The van der Waals surface area contributed by atoms with Crippen LogP contribution in [-0.4, -0.2) is 40.7 Å². The Morgan fingerprint density at radius 2 is 2.13 bits per heavy atom. The van der Waals surface area contributed by atoms with Crippen molar-refractivity contribution in [3.05, 3.63) is 58.6 Å². The standard InChI is InChI=1S/C20H18ClN3O5S/c1-28-15-7-3-5-13(18(15)29-11-12-4-2-6-14(21)8-12)10-22-24-20-23-19(27)16(30-20)9-17(25)26/h2-8,10,16H,9,11H2,1H3,(H,25,26)(H,23,24,27). The smallest absolute Gasteiger partial charge is 0.305 e. The molecule has 10 heteroatoms. The Hall–Kier alpha value is -3.04. The first kappa shape index (κ1) is 21.7. The van der Waals surface area contributed by atoms with Gasteiger partial charge in [0.25, 0.3) is 0 Å². The summed E-state index contributed by atoms with van der Waals surface area (Å²) in [5.41, 5.74) is 1.52. The third-order valence-electron chi connectivity index (χ3n) is 3.98. The lowest BCUT2D eigenvalue weighted by Gasteiger charge is -2.13. The summed E-state index contributed by atoms with van der Waals surface area (Å²) in [5.74, 6) is -0.442. The van der Waals surface area contributed by atoms with E-state index in [1.807, 2.05) is 18.2 Å². The quantitative estimate of drug-likeness (QED) is 0.474. The van der Waals surface area contributed by atoms with Crippen molar-refractivity contribution in [1.82, 2.24) is 5.32 Å². The summed E-state index contributed by atoms with van der Waals surface area (Å²) >= 11 is 7.04. The number of carbonyl (C=O) groups is 2. The molecule has 0 radical (unpaired) electrons. The van der Waals surface area contributed by atoms with E-state index < -0.39 is 17.1 Å². The fourth-order valence-corrected chi connectivity index (χ4v) is 3.75. The van der Waals surface area contributed by atoms with Crippen molar-refractivity contribution in [2.45, 2.75) is 18.3 Å². The van der Waals surface area contributed by atoms with Gasteiger partial charge in [0.15, 0.2) is 16.7 Å². The number of carboxylic acid groups (broad SMARTS) is 1. The summed E-state index contributed by atoms with van der Waals surface area (Å²) in [6, 6.07) is 12.7. The minimum absolute atomic E-state index is 0.242. The number of amides is 1. The summed E-state index contributed by atoms with van der Waals surface area (Å²) in [6.07, 6.45) is 1.19. The number of nitrogens with zero attached hydrogens (tertiary/aromatic N) is 2. The van der Waals surface area contributed by atoms with Crippen LogP contribution in [0.15, 0.2) is 52.7 Å². The van der Waals surface area contributed by atoms with Crippen molar-refractivity contribution in [3.8, 4) is 11.5 Å². The van der Waals surface area contributed by atoms with Crippen molar-refractivity contribution in [1.29, 1.82) is 0 Å². The van der Waals surface area contributed by atoms with Crippen LogP contribution in [0.4, 0.5) is 0 Å². The lowest BCUT2D eigenvalue weighted by atomic mass is 10.2. The molecule has 2 aromatic rings. The molecule has 1 unspecified atom stereocenters. The van der Waals surface area contributed by atoms with Crippen molar-refractivity contribution >= 4 is 46.6 Å². The van der Waals surface area contributed by atoms with E-state index in [-0.39, 0.29) is 18.2 Å². The minimum atomic E-state index is -1.05. The second kappa shape index (κ2) is 10.1. The highest BCUT2D eigenvalue weighted by molar-refractivity contribution is 8.15. The van der Waals surface area contributed by atoms with Gasteiger partial charge in [0.05, 0.1) is 19.7 Å². The summed E-state index contributed by atoms with van der Waals surface area (Å²) in [5, 5.41) is 19.5. The summed E-state index contributed by atoms with van der Waals surface area (Å²) < 4.78 is 11.3. The Balaban J connectivity index is 1.74. The maximum Gasteiger partial charge on any atom is 0.305 e. The molecule has 0 aromatic heterocycles. The largest absolute Gasteiger partial charge is 0.493 e. The third kappa shape index (κ3) is 5.74. The molecule has 2 aromatic carbocycles. The van der Waals surface area contributed by atoms with Gasteiger partial charge in [-0.25, -0.2) is 0 Å². The molecule has 0 saturated carbocycles. The zero-order valence-electron chi connectivity index (χ0n) is 15.9. The molecule has 0 aliphatic carbocycles. The average Bonchev–Trinajstić information content (AvgIpc) is 3.05. The molecule has 1 aliphatic heterocycles. The van der Waals surface area contributed by atoms with Gasteiger partial charge in [0.2, 0.25) is 5.91 Å². The van der Waals surface area contributed by atoms with Gasteiger partial charge in [-0.1, -0.05) is 41.6 Å². The zero-order chi connectivity index (χ0) is 21.5. The Morgan fingerprint density at radius 3 is 2.87 bits per heavy atom. The SMILES string of the molecule is COc1cccc(C=N/N=C2/NC(=O)C(CC(=O)O)S2)c1OCc1cccc(Cl)c1. The fraction of sp³-hybridized carbons (Fsp3) is 0.200. The topological polar surface area (TPSA) is 110 Å². The number of halogens is 1. The van der Waals surface area contributed by atoms with Gasteiger partial charge in [-0.05, 0) is 29.8 Å². The van der Waals surface area contributed by atoms with E-state index in [9.17, 15) is 9.59 Å².